The second-order valence-electron chi connectivity index (χ2n) is 4.83. The summed E-state index contributed by atoms with van der Waals surface area (Å²) in [5, 5.41) is 9.50. The molecule has 3 aromatic rings. The second kappa shape index (κ2) is 5.70. The standard InChI is InChI=1S/C16H11F2N3S/c1-21(16-11(17)6-10(8-19)7-12(16)18)9-15-20-13-4-2-3-5-14(13)22-15/h2-7H,9H2,1H3. The lowest BCUT2D eigenvalue weighted by molar-refractivity contribution is 0.576. The molecule has 0 bridgehead atoms. The number of aromatic nitrogens is 1. The van der Waals surface area contributed by atoms with Gasteiger partial charge in [0.1, 0.15) is 10.7 Å². The molecule has 0 fully saturated rings. The topological polar surface area (TPSA) is 39.9 Å². The maximum Gasteiger partial charge on any atom is 0.150 e. The van der Waals surface area contributed by atoms with Crippen LogP contribution in [0.3, 0.4) is 0 Å². The van der Waals surface area contributed by atoms with Crippen molar-refractivity contribution in [2.45, 2.75) is 6.54 Å². The third-order valence-electron chi connectivity index (χ3n) is 3.24. The van der Waals surface area contributed by atoms with Gasteiger partial charge < -0.3 is 4.90 Å². The quantitative estimate of drug-likeness (QED) is 0.731. The van der Waals surface area contributed by atoms with Gasteiger partial charge in [-0.1, -0.05) is 12.1 Å². The number of fused-ring (bicyclic) bond motifs is 1. The fourth-order valence-electron chi connectivity index (χ4n) is 2.26. The van der Waals surface area contributed by atoms with Gasteiger partial charge in [0.15, 0.2) is 11.6 Å². The molecule has 0 amide bonds. The Balaban J connectivity index is 1.91. The van der Waals surface area contributed by atoms with E-state index in [2.05, 4.69) is 4.98 Å². The summed E-state index contributed by atoms with van der Waals surface area (Å²) in [6.45, 7) is 0.291. The van der Waals surface area contributed by atoms with E-state index in [9.17, 15) is 8.78 Å². The van der Waals surface area contributed by atoms with Gasteiger partial charge in [0, 0.05) is 7.05 Å². The van der Waals surface area contributed by atoms with Gasteiger partial charge in [-0.15, -0.1) is 11.3 Å². The van der Waals surface area contributed by atoms with Crippen LogP contribution < -0.4 is 4.90 Å². The molecule has 0 aliphatic heterocycles. The van der Waals surface area contributed by atoms with Crippen LogP contribution in [0.4, 0.5) is 14.5 Å². The molecule has 1 aromatic heterocycles. The minimum Gasteiger partial charge on any atom is -0.363 e. The zero-order valence-electron chi connectivity index (χ0n) is 11.7. The number of nitriles is 1. The molecule has 1 heterocycles. The molecule has 0 spiro atoms. The first-order chi connectivity index (χ1) is 10.6. The van der Waals surface area contributed by atoms with Crippen molar-refractivity contribution < 1.29 is 8.78 Å². The van der Waals surface area contributed by atoms with Gasteiger partial charge in [0.05, 0.1) is 28.4 Å². The Hall–Kier alpha value is -2.52. The number of hydrogen-bond donors (Lipinski definition) is 0. The monoisotopic (exact) mass is 315 g/mol. The van der Waals surface area contributed by atoms with E-state index in [0.717, 1.165) is 27.4 Å². The van der Waals surface area contributed by atoms with Crippen LogP contribution in [0.2, 0.25) is 0 Å². The molecule has 0 radical (unpaired) electrons. The van der Waals surface area contributed by atoms with Gasteiger partial charge in [0.2, 0.25) is 0 Å². The summed E-state index contributed by atoms with van der Waals surface area (Å²) in [6, 6.07) is 11.5. The molecule has 22 heavy (non-hydrogen) atoms. The normalized spacial score (nSPS) is 10.6. The number of halogens is 2. The van der Waals surface area contributed by atoms with Crippen molar-refractivity contribution in [3.05, 3.63) is 58.6 Å². The third-order valence-corrected chi connectivity index (χ3v) is 4.26. The number of anilines is 1. The summed E-state index contributed by atoms with van der Waals surface area (Å²) in [5.74, 6) is -1.50. The molecular weight excluding hydrogens is 304 g/mol. The summed E-state index contributed by atoms with van der Waals surface area (Å²) in [6.07, 6.45) is 0. The van der Waals surface area contributed by atoms with Gasteiger partial charge in [-0.05, 0) is 24.3 Å². The Kier molecular flexibility index (Phi) is 3.73. The molecule has 0 saturated carbocycles. The molecule has 0 saturated heterocycles. The molecule has 0 atom stereocenters. The lowest BCUT2D eigenvalue weighted by atomic mass is 10.2. The van der Waals surface area contributed by atoms with Crippen LogP contribution in [0.5, 0.6) is 0 Å². The zero-order chi connectivity index (χ0) is 15.7. The first-order valence-electron chi connectivity index (χ1n) is 6.53. The summed E-state index contributed by atoms with van der Waals surface area (Å²) >= 11 is 1.49. The van der Waals surface area contributed by atoms with Crippen molar-refractivity contribution in [1.82, 2.24) is 4.98 Å². The SMILES string of the molecule is CN(Cc1nc2ccccc2s1)c1c(F)cc(C#N)cc1F. The van der Waals surface area contributed by atoms with Crippen molar-refractivity contribution >= 4 is 27.2 Å². The predicted octanol–water partition coefficient (Wildman–Crippen LogP) is 4.08. The van der Waals surface area contributed by atoms with Crippen LogP contribution in [0.25, 0.3) is 10.2 Å². The van der Waals surface area contributed by atoms with Crippen molar-refractivity contribution in [2.24, 2.45) is 0 Å². The summed E-state index contributed by atoms with van der Waals surface area (Å²) < 4.78 is 29.0. The van der Waals surface area contributed by atoms with Crippen LogP contribution in [0.1, 0.15) is 10.6 Å². The van der Waals surface area contributed by atoms with Crippen LogP contribution in [-0.2, 0) is 6.54 Å². The zero-order valence-corrected chi connectivity index (χ0v) is 12.5. The molecule has 0 N–H and O–H groups in total. The van der Waals surface area contributed by atoms with E-state index in [4.69, 9.17) is 5.26 Å². The minimum absolute atomic E-state index is 0.0351. The Morgan fingerprint density at radius 2 is 1.91 bits per heavy atom. The average Bonchev–Trinajstić information content (AvgIpc) is 2.88. The Morgan fingerprint density at radius 3 is 2.55 bits per heavy atom. The lowest BCUT2D eigenvalue weighted by Gasteiger charge is -2.19. The molecule has 0 aliphatic carbocycles. The molecule has 0 unspecified atom stereocenters. The van der Waals surface area contributed by atoms with Gasteiger partial charge in [-0.25, -0.2) is 13.8 Å². The third kappa shape index (κ3) is 2.63. The number of rotatable bonds is 3. The van der Waals surface area contributed by atoms with Gasteiger partial charge in [-0.3, -0.25) is 0 Å². The number of hydrogen-bond acceptors (Lipinski definition) is 4. The largest absolute Gasteiger partial charge is 0.363 e. The maximum absolute atomic E-state index is 14.0. The highest BCUT2D eigenvalue weighted by atomic mass is 32.1. The Morgan fingerprint density at radius 1 is 1.23 bits per heavy atom. The first-order valence-corrected chi connectivity index (χ1v) is 7.35. The number of benzene rings is 2. The number of para-hydroxylation sites is 1. The van der Waals surface area contributed by atoms with E-state index in [0.29, 0.717) is 6.54 Å². The summed E-state index contributed by atoms with van der Waals surface area (Å²) in [5.41, 5.74) is 0.682. The van der Waals surface area contributed by atoms with Gasteiger partial charge >= 0.3 is 0 Å². The van der Waals surface area contributed by atoms with E-state index >= 15 is 0 Å². The van der Waals surface area contributed by atoms with E-state index in [1.807, 2.05) is 24.3 Å². The average molecular weight is 315 g/mol. The molecule has 6 heteroatoms. The lowest BCUT2D eigenvalue weighted by Crippen LogP contribution is -2.19. The van der Waals surface area contributed by atoms with Crippen molar-refractivity contribution in [3.8, 4) is 6.07 Å². The van der Waals surface area contributed by atoms with E-state index < -0.39 is 11.6 Å². The Bertz CT molecular complexity index is 826. The van der Waals surface area contributed by atoms with Crippen LogP contribution in [-0.4, -0.2) is 12.0 Å². The molecule has 3 rings (SSSR count). The molecule has 0 aliphatic rings. The van der Waals surface area contributed by atoms with Crippen molar-refractivity contribution in [2.75, 3.05) is 11.9 Å². The number of nitrogens with zero attached hydrogens (tertiary/aromatic N) is 3. The highest BCUT2D eigenvalue weighted by molar-refractivity contribution is 7.18. The van der Waals surface area contributed by atoms with E-state index in [1.54, 1.807) is 13.1 Å². The maximum atomic E-state index is 14.0. The second-order valence-corrected chi connectivity index (χ2v) is 5.95. The summed E-state index contributed by atoms with van der Waals surface area (Å²) in [7, 11) is 1.60. The van der Waals surface area contributed by atoms with Crippen LogP contribution >= 0.6 is 11.3 Å². The minimum atomic E-state index is -0.750. The first kappa shape index (κ1) is 14.4. The van der Waals surface area contributed by atoms with Gasteiger partial charge in [0.25, 0.3) is 0 Å². The summed E-state index contributed by atoms with van der Waals surface area (Å²) in [4.78, 5) is 5.91. The van der Waals surface area contributed by atoms with Crippen molar-refractivity contribution in [3.63, 3.8) is 0 Å². The number of thiazole rings is 1. The fraction of sp³-hybridized carbons (Fsp3) is 0.125. The van der Waals surface area contributed by atoms with Gasteiger partial charge in [-0.2, -0.15) is 5.26 Å². The van der Waals surface area contributed by atoms with E-state index in [1.165, 1.54) is 16.2 Å². The van der Waals surface area contributed by atoms with E-state index in [-0.39, 0.29) is 11.3 Å². The van der Waals surface area contributed by atoms with Crippen LogP contribution in [0, 0.1) is 23.0 Å². The Labute approximate surface area is 130 Å². The molecule has 2 aromatic carbocycles. The highest BCUT2D eigenvalue weighted by Crippen LogP contribution is 2.28. The smallest absolute Gasteiger partial charge is 0.150 e. The molecule has 110 valence electrons. The predicted molar refractivity (Wildman–Crippen MR) is 82.8 cm³/mol. The highest BCUT2D eigenvalue weighted by Gasteiger charge is 2.17. The molecular formula is C16H11F2N3S. The van der Waals surface area contributed by atoms with Crippen molar-refractivity contribution in [1.29, 1.82) is 5.26 Å². The molecule has 3 nitrogen and oxygen atoms in total. The fourth-order valence-corrected chi connectivity index (χ4v) is 3.29. The van der Waals surface area contributed by atoms with Crippen LogP contribution in [0.15, 0.2) is 36.4 Å².